The molecule has 0 spiro atoms. The van der Waals surface area contributed by atoms with Gasteiger partial charge < -0.3 is 20.7 Å². The van der Waals surface area contributed by atoms with Gasteiger partial charge in [0.25, 0.3) is 5.91 Å². The second-order valence-electron chi connectivity index (χ2n) is 10.6. The lowest BCUT2D eigenvalue weighted by molar-refractivity contribution is -0.137. The zero-order chi connectivity index (χ0) is 32.7. The Bertz CT molecular complexity index is 1770. The lowest BCUT2D eigenvalue weighted by Crippen LogP contribution is -2.18. The van der Waals surface area contributed by atoms with Crippen molar-refractivity contribution in [2.45, 2.75) is 19.1 Å². The van der Waals surface area contributed by atoms with Crippen molar-refractivity contribution in [3.63, 3.8) is 0 Å². The SMILES string of the molecule is C=CC(=O)Nc1ccc(C(=O)Nc2cc3cc(c2)Nc2ncc(C(F)(F)F)c(n2)-c2cccc(c2)OCC/C=C\CN(C)C3)cc1. The summed E-state index contributed by atoms with van der Waals surface area (Å²) in [6.07, 6.45) is 1.82. The van der Waals surface area contributed by atoms with Crippen LogP contribution in [-0.4, -0.2) is 46.9 Å². The number of nitrogens with zero attached hydrogens (tertiary/aromatic N) is 3. The van der Waals surface area contributed by atoms with Gasteiger partial charge in [0.2, 0.25) is 11.9 Å². The molecule has 12 heteroatoms. The first-order valence-corrected chi connectivity index (χ1v) is 14.3. The molecule has 1 aromatic heterocycles. The molecule has 1 aliphatic rings. The summed E-state index contributed by atoms with van der Waals surface area (Å²) >= 11 is 0. The highest BCUT2D eigenvalue weighted by molar-refractivity contribution is 6.05. The topological polar surface area (TPSA) is 108 Å². The van der Waals surface area contributed by atoms with Crippen molar-refractivity contribution in [2.24, 2.45) is 0 Å². The number of rotatable bonds is 4. The number of benzene rings is 3. The van der Waals surface area contributed by atoms with Crippen molar-refractivity contribution >= 4 is 34.8 Å². The third-order valence-electron chi connectivity index (χ3n) is 6.90. The molecule has 236 valence electrons. The van der Waals surface area contributed by atoms with Crippen molar-refractivity contribution in [3.8, 4) is 17.0 Å². The fourth-order valence-electron chi connectivity index (χ4n) is 4.75. The smallest absolute Gasteiger partial charge is 0.419 e. The number of nitrogens with one attached hydrogen (secondary N) is 3. The first kappa shape index (κ1) is 31.9. The lowest BCUT2D eigenvalue weighted by atomic mass is 10.1. The van der Waals surface area contributed by atoms with Crippen LogP contribution in [0.15, 0.2) is 97.7 Å². The van der Waals surface area contributed by atoms with E-state index >= 15 is 0 Å². The quantitative estimate of drug-likeness (QED) is 0.164. The van der Waals surface area contributed by atoms with E-state index in [1.165, 1.54) is 12.1 Å². The Morgan fingerprint density at radius 2 is 1.83 bits per heavy atom. The zero-order valence-electron chi connectivity index (χ0n) is 24.9. The maximum atomic E-state index is 14.0. The number of fused-ring (bicyclic) bond motifs is 7. The summed E-state index contributed by atoms with van der Waals surface area (Å²) in [5, 5.41) is 8.53. The maximum Gasteiger partial charge on any atom is 0.419 e. The summed E-state index contributed by atoms with van der Waals surface area (Å²) in [7, 11) is 1.95. The number of carbonyl (C=O) groups excluding carboxylic acids is 2. The van der Waals surface area contributed by atoms with Crippen molar-refractivity contribution in [3.05, 3.63) is 114 Å². The first-order chi connectivity index (χ1) is 22.1. The highest BCUT2D eigenvalue weighted by Crippen LogP contribution is 2.37. The first-order valence-electron chi connectivity index (χ1n) is 14.3. The number of alkyl halides is 3. The minimum Gasteiger partial charge on any atom is -0.493 e. The standard InChI is InChI=1S/C34H31F3N6O3/c1-3-30(44)39-25-12-10-23(11-13-25)32(45)40-26-16-22-17-27(19-26)41-33-38-20-29(34(35,36)37)31(42-33)24-8-7-9-28(18-24)46-15-6-4-5-14-43(2)21-22/h3-5,7-13,16-20H,1,6,14-15,21H2,2H3,(H,39,44)(H,40,45)(H,38,41,42)/b5-4-. The van der Waals surface area contributed by atoms with Gasteiger partial charge in [0.1, 0.15) is 11.3 Å². The van der Waals surface area contributed by atoms with Crippen molar-refractivity contribution in [1.82, 2.24) is 14.9 Å². The molecule has 4 aromatic rings. The zero-order valence-corrected chi connectivity index (χ0v) is 24.9. The molecule has 2 heterocycles. The van der Waals surface area contributed by atoms with Crippen LogP contribution in [0.5, 0.6) is 5.75 Å². The molecule has 3 aromatic carbocycles. The highest BCUT2D eigenvalue weighted by atomic mass is 19.4. The molecule has 6 bridgehead atoms. The summed E-state index contributed by atoms with van der Waals surface area (Å²) < 4.78 is 47.9. The van der Waals surface area contributed by atoms with Crippen LogP contribution in [0, 0.1) is 0 Å². The van der Waals surface area contributed by atoms with E-state index in [-0.39, 0.29) is 23.1 Å². The van der Waals surface area contributed by atoms with Crippen molar-refractivity contribution in [1.29, 1.82) is 0 Å². The van der Waals surface area contributed by atoms with Crippen LogP contribution in [0.3, 0.4) is 0 Å². The van der Waals surface area contributed by atoms with Crippen LogP contribution >= 0.6 is 0 Å². The van der Waals surface area contributed by atoms with Gasteiger partial charge in [-0.2, -0.15) is 13.2 Å². The van der Waals surface area contributed by atoms with Crippen LogP contribution in [0.2, 0.25) is 0 Å². The Morgan fingerprint density at radius 3 is 2.59 bits per heavy atom. The summed E-state index contributed by atoms with van der Waals surface area (Å²) in [5.41, 5.74) is 1.54. The third-order valence-corrected chi connectivity index (χ3v) is 6.90. The Labute approximate surface area is 263 Å². The molecule has 0 saturated heterocycles. The Morgan fingerprint density at radius 1 is 1.02 bits per heavy atom. The Kier molecular flexibility index (Phi) is 9.77. The number of amides is 2. The second-order valence-corrected chi connectivity index (χ2v) is 10.6. The van der Waals surface area contributed by atoms with Gasteiger partial charge in [-0.05, 0) is 79.7 Å². The van der Waals surface area contributed by atoms with Gasteiger partial charge in [-0.3, -0.25) is 14.5 Å². The molecular formula is C34H31F3N6O3. The minimum absolute atomic E-state index is 0.0571. The molecule has 5 rings (SSSR count). The molecule has 0 aliphatic carbocycles. The fraction of sp³-hybridized carbons (Fsp3) is 0.176. The number of hydrogen-bond donors (Lipinski definition) is 3. The molecule has 0 radical (unpaired) electrons. The third kappa shape index (κ3) is 8.36. The molecule has 0 unspecified atom stereocenters. The number of ether oxygens (including phenoxy) is 1. The normalized spacial score (nSPS) is 14.4. The molecule has 2 amide bonds. The molecule has 0 atom stereocenters. The molecule has 0 fully saturated rings. The van der Waals surface area contributed by atoms with E-state index in [4.69, 9.17) is 4.74 Å². The van der Waals surface area contributed by atoms with Gasteiger partial charge >= 0.3 is 6.18 Å². The van der Waals surface area contributed by atoms with Crippen molar-refractivity contribution in [2.75, 3.05) is 36.1 Å². The molecule has 9 nitrogen and oxygen atoms in total. The summed E-state index contributed by atoms with van der Waals surface area (Å²) in [4.78, 5) is 35.0. The van der Waals surface area contributed by atoms with Crippen molar-refractivity contribution < 1.29 is 27.5 Å². The molecule has 3 N–H and O–H groups in total. The average Bonchev–Trinajstić information content (AvgIpc) is 3.02. The van der Waals surface area contributed by atoms with Gasteiger partial charge in [0.15, 0.2) is 0 Å². The van der Waals surface area contributed by atoms with Gasteiger partial charge in [-0.25, -0.2) is 9.97 Å². The van der Waals surface area contributed by atoms with E-state index in [2.05, 4.69) is 37.4 Å². The Hall–Kier alpha value is -5.49. The number of anilines is 4. The molecule has 0 saturated carbocycles. The van der Waals surface area contributed by atoms with Gasteiger partial charge in [-0.1, -0.05) is 30.9 Å². The molecule has 46 heavy (non-hydrogen) atoms. The largest absolute Gasteiger partial charge is 0.493 e. The van der Waals surface area contributed by atoms with Crippen LogP contribution in [-0.2, 0) is 17.5 Å². The number of carbonyl (C=O) groups is 2. The summed E-state index contributed by atoms with van der Waals surface area (Å²) in [6.45, 7) is 4.92. The van der Waals surface area contributed by atoms with Gasteiger partial charge in [0, 0.05) is 47.5 Å². The van der Waals surface area contributed by atoms with E-state index in [1.54, 1.807) is 42.5 Å². The maximum absolute atomic E-state index is 14.0. The Balaban J connectivity index is 1.50. The highest BCUT2D eigenvalue weighted by Gasteiger charge is 2.35. The van der Waals surface area contributed by atoms with Crippen LogP contribution in [0.4, 0.5) is 36.2 Å². The summed E-state index contributed by atoms with van der Waals surface area (Å²) in [5.74, 6) is -0.400. The number of aromatic nitrogens is 2. The van der Waals surface area contributed by atoms with E-state index < -0.39 is 17.6 Å². The number of hydrogen-bond acceptors (Lipinski definition) is 7. The van der Waals surface area contributed by atoms with E-state index in [0.29, 0.717) is 54.5 Å². The van der Waals surface area contributed by atoms with Crippen LogP contribution in [0.1, 0.15) is 27.9 Å². The lowest BCUT2D eigenvalue weighted by Gasteiger charge is -2.18. The minimum atomic E-state index is -4.69. The average molecular weight is 629 g/mol. The number of halogens is 3. The predicted octanol–water partition coefficient (Wildman–Crippen LogP) is 7.05. The second kappa shape index (κ2) is 14.1. The molecular weight excluding hydrogens is 597 g/mol. The van der Waals surface area contributed by atoms with E-state index in [0.717, 1.165) is 17.8 Å². The number of likely N-dealkylation sites (N-methyl/N-ethyl adjacent to an activating group) is 1. The van der Waals surface area contributed by atoms with Gasteiger partial charge in [-0.15, -0.1) is 0 Å². The summed E-state index contributed by atoms with van der Waals surface area (Å²) in [6, 6.07) is 18.0. The van der Waals surface area contributed by atoms with E-state index in [1.807, 2.05) is 31.3 Å². The van der Waals surface area contributed by atoms with Crippen LogP contribution < -0.4 is 20.7 Å². The fourth-order valence-corrected chi connectivity index (χ4v) is 4.75. The monoisotopic (exact) mass is 628 g/mol. The molecule has 1 aliphatic heterocycles. The van der Waals surface area contributed by atoms with Gasteiger partial charge in [0.05, 0.1) is 12.3 Å². The van der Waals surface area contributed by atoms with Crippen LogP contribution in [0.25, 0.3) is 11.3 Å². The predicted molar refractivity (Wildman–Crippen MR) is 171 cm³/mol. The van der Waals surface area contributed by atoms with E-state index in [9.17, 15) is 22.8 Å².